The minimum Gasteiger partial charge on any atom is -0.396 e. The summed E-state index contributed by atoms with van der Waals surface area (Å²) in [6.45, 7) is 5.41. The monoisotopic (exact) mass is 117 g/mol. The molecule has 8 heavy (non-hydrogen) atoms. The molecular formula is C6H15NO. The van der Waals surface area contributed by atoms with Gasteiger partial charge in [0.05, 0.1) is 0 Å². The molecule has 2 heteroatoms. The average molecular weight is 117 g/mol. The van der Waals surface area contributed by atoms with Gasteiger partial charge in [0, 0.05) is 12.6 Å². The number of aliphatic hydroxyl groups excluding tert-OH is 1. The van der Waals surface area contributed by atoms with Crippen molar-refractivity contribution >= 4 is 0 Å². The Morgan fingerprint density at radius 3 is 2.62 bits per heavy atom. The maximum absolute atomic E-state index is 8.42. The third kappa shape index (κ3) is 4.09. The molecule has 0 heterocycles. The van der Waals surface area contributed by atoms with E-state index < -0.39 is 0 Å². The van der Waals surface area contributed by atoms with Crippen molar-refractivity contribution in [2.45, 2.75) is 26.3 Å². The summed E-state index contributed by atoms with van der Waals surface area (Å²) >= 11 is 0. The third-order valence-corrected chi connectivity index (χ3v) is 1.11. The second kappa shape index (κ2) is 5.06. The molecule has 2 nitrogen and oxygen atoms in total. The first kappa shape index (κ1) is 7.92. The Bertz CT molecular complexity index is 41.8. The summed E-state index contributed by atoms with van der Waals surface area (Å²) < 4.78 is 0. The molecule has 0 saturated heterocycles. The molecule has 0 fully saturated rings. The Morgan fingerprint density at radius 2 is 2.25 bits per heavy atom. The predicted octanol–water partition coefficient (Wildman–Crippen LogP) is 0.367. The van der Waals surface area contributed by atoms with Crippen LogP contribution in [-0.2, 0) is 0 Å². The van der Waals surface area contributed by atoms with Gasteiger partial charge in [0.2, 0.25) is 0 Å². The van der Waals surface area contributed by atoms with Gasteiger partial charge in [-0.05, 0) is 19.9 Å². The SMILES string of the molecule is CCN[C@H](C)CCO. The Labute approximate surface area is 50.9 Å². The van der Waals surface area contributed by atoms with Crippen LogP contribution < -0.4 is 5.32 Å². The fourth-order valence-electron chi connectivity index (χ4n) is 0.644. The lowest BCUT2D eigenvalue weighted by Gasteiger charge is -2.08. The summed E-state index contributed by atoms with van der Waals surface area (Å²) in [5.74, 6) is 0. The Hall–Kier alpha value is -0.0800. The number of rotatable bonds is 4. The molecule has 0 amide bonds. The summed E-state index contributed by atoms with van der Waals surface area (Å²) in [6, 6.07) is 0.463. The smallest absolute Gasteiger partial charge is 0.0445 e. The molecule has 0 aromatic carbocycles. The van der Waals surface area contributed by atoms with Crippen molar-refractivity contribution in [3.8, 4) is 0 Å². The van der Waals surface area contributed by atoms with Crippen LogP contribution in [0.4, 0.5) is 0 Å². The van der Waals surface area contributed by atoms with E-state index in [1.165, 1.54) is 0 Å². The summed E-state index contributed by atoms with van der Waals surface area (Å²) in [5.41, 5.74) is 0. The molecule has 0 rings (SSSR count). The molecule has 0 aliphatic rings. The zero-order chi connectivity index (χ0) is 6.41. The first-order valence-corrected chi connectivity index (χ1v) is 3.15. The summed E-state index contributed by atoms with van der Waals surface area (Å²) in [4.78, 5) is 0. The fraction of sp³-hybridized carbons (Fsp3) is 1.00. The lowest BCUT2D eigenvalue weighted by molar-refractivity contribution is 0.270. The van der Waals surface area contributed by atoms with Crippen LogP contribution >= 0.6 is 0 Å². The molecule has 0 aromatic rings. The second-order valence-corrected chi connectivity index (χ2v) is 1.97. The number of nitrogens with one attached hydrogen (secondary N) is 1. The van der Waals surface area contributed by atoms with Crippen molar-refractivity contribution in [2.24, 2.45) is 0 Å². The van der Waals surface area contributed by atoms with Crippen LogP contribution in [0.1, 0.15) is 20.3 Å². The third-order valence-electron chi connectivity index (χ3n) is 1.11. The van der Waals surface area contributed by atoms with Gasteiger partial charge in [0.1, 0.15) is 0 Å². The highest BCUT2D eigenvalue weighted by atomic mass is 16.3. The van der Waals surface area contributed by atoms with Crippen molar-refractivity contribution < 1.29 is 5.11 Å². The quantitative estimate of drug-likeness (QED) is 0.557. The standard InChI is InChI=1S/C6H15NO/c1-3-7-6(2)4-5-8/h6-8H,3-5H2,1-2H3/t6-/m1/s1. The minimum atomic E-state index is 0.286. The lowest BCUT2D eigenvalue weighted by atomic mass is 10.2. The van der Waals surface area contributed by atoms with Gasteiger partial charge in [-0.3, -0.25) is 0 Å². The van der Waals surface area contributed by atoms with E-state index in [1.807, 2.05) is 0 Å². The van der Waals surface area contributed by atoms with E-state index >= 15 is 0 Å². The molecule has 0 unspecified atom stereocenters. The highest BCUT2D eigenvalue weighted by molar-refractivity contribution is 4.56. The molecule has 50 valence electrons. The van der Waals surface area contributed by atoms with Crippen LogP contribution in [0.5, 0.6) is 0 Å². The van der Waals surface area contributed by atoms with Gasteiger partial charge in [-0.15, -0.1) is 0 Å². The molecule has 1 atom stereocenters. The van der Waals surface area contributed by atoms with Crippen LogP contribution in [0.2, 0.25) is 0 Å². The molecule has 0 saturated carbocycles. The first-order valence-electron chi connectivity index (χ1n) is 3.15. The molecular weight excluding hydrogens is 102 g/mol. The number of hydrogen-bond donors (Lipinski definition) is 2. The van der Waals surface area contributed by atoms with Gasteiger partial charge in [-0.25, -0.2) is 0 Å². The van der Waals surface area contributed by atoms with E-state index in [0.29, 0.717) is 6.04 Å². The largest absolute Gasteiger partial charge is 0.396 e. The van der Waals surface area contributed by atoms with Crippen LogP contribution in [0.25, 0.3) is 0 Å². The number of aliphatic hydroxyl groups is 1. The highest BCUT2D eigenvalue weighted by Crippen LogP contribution is 1.85. The van der Waals surface area contributed by atoms with Gasteiger partial charge >= 0.3 is 0 Å². The normalized spacial score (nSPS) is 13.9. The predicted molar refractivity (Wildman–Crippen MR) is 34.8 cm³/mol. The van der Waals surface area contributed by atoms with Gasteiger partial charge in [-0.2, -0.15) is 0 Å². The molecule has 0 radical (unpaired) electrons. The van der Waals surface area contributed by atoms with Crippen molar-refractivity contribution in [3.05, 3.63) is 0 Å². The van der Waals surface area contributed by atoms with Gasteiger partial charge in [-0.1, -0.05) is 6.92 Å². The Balaban J connectivity index is 2.92. The van der Waals surface area contributed by atoms with Crippen molar-refractivity contribution in [1.82, 2.24) is 5.32 Å². The van der Waals surface area contributed by atoms with E-state index in [2.05, 4.69) is 19.2 Å². The van der Waals surface area contributed by atoms with Crippen molar-refractivity contribution in [1.29, 1.82) is 0 Å². The van der Waals surface area contributed by atoms with Gasteiger partial charge in [0.25, 0.3) is 0 Å². The maximum Gasteiger partial charge on any atom is 0.0445 e. The van der Waals surface area contributed by atoms with E-state index in [0.717, 1.165) is 13.0 Å². The van der Waals surface area contributed by atoms with Crippen LogP contribution in [0.3, 0.4) is 0 Å². The molecule has 0 aliphatic heterocycles. The van der Waals surface area contributed by atoms with Gasteiger partial charge in [0.15, 0.2) is 0 Å². The van der Waals surface area contributed by atoms with E-state index in [-0.39, 0.29) is 6.61 Å². The van der Waals surface area contributed by atoms with E-state index in [1.54, 1.807) is 0 Å². The summed E-state index contributed by atoms with van der Waals surface area (Å²) in [5, 5.41) is 11.6. The molecule has 0 spiro atoms. The highest BCUT2D eigenvalue weighted by Gasteiger charge is 1.94. The van der Waals surface area contributed by atoms with Gasteiger partial charge < -0.3 is 10.4 Å². The van der Waals surface area contributed by atoms with E-state index in [9.17, 15) is 0 Å². The average Bonchev–Trinajstić information content (AvgIpc) is 1.68. The zero-order valence-corrected chi connectivity index (χ0v) is 5.65. The van der Waals surface area contributed by atoms with Crippen molar-refractivity contribution in [3.63, 3.8) is 0 Å². The zero-order valence-electron chi connectivity index (χ0n) is 5.65. The Morgan fingerprint density at radius 1 is 1.62 bits per heavy atom. The summed E-state index contributed by atoms with van der Waals surface area (Å²) in [6.07, 6.45) is 0.855. The molecule has 0 aliphatic carbocycles. The number of hydrogen-bond acceptors (Lipinski definition) is 2. The van der Waals surface area contributed by atoms with Crippen LogP contribution in [-0.4, -0.2) is 24.3 Å². The topological polar surface area (TPSA) is 32.3 Å². The van der Waals surface area contributed by atoms with Crippen LogP contribution in [0.15, 0.2) is 0 Å². The van der Waals surface area contributed by atoms with Crippen molar-refractivity contribution in [2.75, 3.05) is 13.2 Å². The Kier molecular flexibility index (Phi) is 5.01. The minimum absolute atomic E-state index is 0.286. The first-order chi connectivity index (χ1) is 3.81. The maximum atomic E-state index is 8.42. The fourth-order valence-corrected chi connectivity index (χ4v) is 0.644. The lowest BCUT2D eigenvalue weighted by Crippen LogP contribution is -2.26. The molecule has 0 aromatic heterocycles. The van der Waals surface area contributed by atoms with Crippen LogP contribution in [0, 0.1) is 0 Å². The molecule has 2 N–H and O–H groups in total. The second-order valence-electron chi connectivity index (χ2n) is 1.97. The van der Waals surface area contributed by atoms with E-state index in [4.69, 9.17) is 5.11 Å². The molecule has 0 bridgehead atoms. The summed E-state index contributed by atoms with van der Waals surface area (Å²) in [7, 11) is 0.